The second-order valence-corrected chi connectivity index (χ2v) is 7.92. The molecule has 22 heavy (non-hydrogen) atoms. The van der Waals surface area contributed by atoms with Crippen molar-refractivity contribution >= 4 is 0 Å². The number of hydrogen-bond donors (Lipinski definition) is 0. The van der Waals surface area contributed by atoms with Crippen LogP contribution in [0.4, 0.5) is 0 Å². The van der Waals surface area contributed by atoms with Gasteiger partial charge in [0.1, 0.15) is 0 Å². The number of hydrogen-bond acceptors (Lipinski definition) is 2. The highest BCUT2D eigenvalue weighted by Gasteiger charge is 2.41. The molecule has 4 rings (SSSR count). The molecule has 0 bridgehead atoms. The van der Waals surface area contributed by atoms with Crippen LogP contribution in [0.15, 0.2) is 30.3 Å². The van der Waals surface area contributed by atoms with E-state index < -0.39 is 0 Å². The third kappa shape index (κ3) is 3.09. The van der Waals surface area contributed by atoms with Crippen LogP contribution in [0.5, 0.6) is 0 Å². The van der Waals surface area contributed by atoms with Gasteiger partial charge in [-0.1, -0.05) is 30.3 Å². The Morgan fingerprint density at radius 3 is 2.59 bits per heavy atom. The molecule has 1 aliphatic carbocycles. The molecule has 3 aliphatic rings. The molecule has 2 heteroatoms. The lowest BCUT2D eigenvalue weighted by atomic mass is 9.78. The van der Waals surface area contributed by atoms with Gasteiger partial charge in [0.2, 0.25) is 0 Å². The Bertz CT molecular complexity index is 472. The summed E-state index contributed by atoms with van der Waals surface area (Å²) in [7, 11) is 0. The molecule has 1 aromatic carbocycles. The predicted octanol–water partition coefficient (Wildman–Crippen LogP) is 4.07. The molecular formula is C20H29NO. The van der Waals surface area contributed by atoms with Gasteiger partial charge in [-0.3, -0.25) is 0 Å². The molecule has 1 aromatic rings. The molecule has 0 N–H and O–H groups in total. The van der Waals surface area contributed by atoms with Crippen molar-refractivity contribution in [1.29, 1.82) is 0 Å². The van der Waals surface area contributed by atoms with E-state index in [-0.39, 0.29) is 0 Å². The fourth-order valence-electron chi connectivity index (χ4n) is 4.92. The van der Waals surface area contributed by atoms with Crippen molar-refractivity contribution in [2.45, 2.75) is 44.4 Å². The van der Waals surface area contributed by atoms with Crippen LogP contribution >= 0.6 is 0 Å². The summed E-state index contributed by atoms with van der Waals surface area (Å²) in [6, 6.07) is 11.1. The van der Waals surface area contributed by atoms with Crippen molar-refractivity contribution in [3.63, 3.8) is 0 Å². The highest BCUT2D eigenvalue weighted by atomic mass is 16.5. The highest BCUT2D eigenvalue weighted by molar-refractivity contribution is 5.19. The second-order valence-electron chi connectivity index (χ2n) is 7.92. The lowest BCUT2D eigenvalue weighted by Crippen LogP contribution is -2.32. The standard InChI is InChI=1S/C20H29NO/c1-2-4-18(5-3-1)19-8-6-17(7-9-19)14-21-12-10-20(15-21)11-13-22-16-20/h1-5,17,19H,6-16H2/t17?,19?,20-/m1/s1. The maximum absolute atomic E-state index is 5.66. The molecule has 0 aromatic heterocycles. The molecule has 1 saturated carbocycles. The van der Waals surface area contributed by atoms with Crippen molar-refractivity contribution in [2.75, 3.05) is 32.8 Å². The molecule has 0 unspecified atom stereocenters. The SMILES string of the molecule is c1ccc(C2CCC(CN3CC[C@@]4(CCOC4)C3)CC2)cc1. The number of likely N-dealkylation sites (tertiary alicyclic amines) is 1. The second kappa shape index (κ2) is 6.33. The van der Waals surface area contributed by atoms with E-state index in [1.54, 1.807) is 5.56 Å². The highest BCUT2D eigenvalue weighted by Crippen LogP contribution is 2.40. The van der Waals surface area contributed by atoms with Crippen LogP contribution < -0.4 is 0 Å². The lowest BCUT2D eigenvalue weighted by Gasteiger charge is -2.32. The van der Waals surface area contributed by atoms with Gasteiger partial charge in [-0.2, -0.15) is 0 Å². The van der Waals surface area contributed by atoms with Gasteiger partial charge in [-0.25, -0.2) is 0 Å². The first-order valence-electron chi connectivity index (χ1n) is 9.18. The molecule has 2 saturated heterocycles. The van der Waals surface area contributed by atoms with E-state index in [1.165, 1.54) is 58.2 Å². The first-order valence-corrected chi connectivity index (χ1v) is 9.18. The quantitative estimate of drug-likeness (QED) is 0.834. The molecule has 0 radical (unpaired) electrons. The number of rotatable bonds is 3. The van der Waals surface area contributed by atoms with Crippen molar-refractivity contribution in [1.82, 2.24) is 4.90 Å². The van der Waals surface area contributed by atoms with Gasteiger partial charge in [0, 0.05) is 25.1 Å². The molecule has 1 atom stereocenters. The van der Waals surface area contributed by atoms with E-state index in [0.717, 1.165) is 25.0 Å². The van der Waals surface area contributed by atoms with E-state index in [9.17, 15) is 0 Å². The fourth-order valence-corrected chi connectivity index (χ4v) is 4.92. The van der Waals surface area contributed by atoms with E-state index in [2.05, 4.69) is 35.2 Å². The average molecular weight is 299 g/mol. The molecule has 2 heterocycles. The van der Waals surface area contributed by atoms with Gasteiger partial charge in [0.15, 0.2) is 0 Å². The van der Waals surface area contributed by atoms with Crippen LogP contribution in [0.3, 0.4) is 0 Å². The van der Waals surface area contributed by atoms with Crippen LogP contribution in [0.1, 0.15) is 50.0 Å². The summed E-state index contributed by atoms with van der Waals surface area (Å²) >= 11 is 0. The average Bonchev–Trinajstić information content (AvgIpc) is 3.19. The summed E-state index contributed by atoms with van der Waals surface area (Å²) in [5.74, 6) is 1.74. The van der Waals surface area contributed by atoms with Crippen molar-refractivity contribution in [3.05, 3.63) is 35.9 Å². The first-order chi connectivity index (χ1) is 10.8. The number of nitrogens with zero attached hydrogens (tertiary/aromatic N) is 1. The maximum atomic E-state index is 5.66. The van der Waals surface area contributed by atoms with Crippen molar-refractivity contribution in [3.8, 4) is 0 Å². The van der Waals surface area contributed by atoms with Gasteiger partial charge in [0.25, 0.3) is 0 Å². The van der Waals surface area contributed by atoms with Crippen LogP contribution in [0.25, 0.3) is 0 Å². The molecule has 2 aliphatic heterocycles. The zero-order valence-electron chi connectivity index (χ0n) is 13.7. The Balaban J connectivity index is 1.26. The molecule has 3 fully saturated rings. The summed E-state index contributed by atoms with van der Waals surface area (Å²) in [6.45, 7) is 5.96. The zero-order chi connectivity index (χ0) is 14.8. The molecule has 0 amide bonds. The van der Waals surface area contributed by atoms with E-state index >= 15 is 0 Å². The van der Waals surface area contributed by atoms with Crippen molar-refractivity contribution in [2.24, 2.45) is 11.3 Å². The normalized spacial score (nSPS) is 36.2. The van der Waals surface area contributed by atoms with Gasteiger partial charge in [-0.15, -0.1) is 0 Å². The van der Waals surface area contributed by atoms with Crippen LogP contribution in [0, 0.1) is 11.3 Å². The maximum Gasteiger partial charge on any atom is 0.0536 e. The Hall–Kier alpha value is -0.860. The molecular weight excluding hydrogens is 270 g/mol. The monoisotopic (exact) mass is 299 g/mol. The number of benzene rings is 1. The van der Waals surface area contributed by atoms with Gasteiger partial charge >= 0.3 is 0 Å². The van der Waals surface area contributed by atoms with E-state index in [0.29, 0.717) is 5.41 Å². The summed E-state index contributed by atoms with van der Waals surface area (Å²) in [5, 5.41) is 0. The van der Waals surface area contributed by atoms with Crippen molar-refractivity contribution < 1.29 is 4.74 Å². The first kappa shape index (κ1) is 14.7. The van der Waals surface area contributed by atoms with Crippen LogP contribution in [0.2, 0.25) is 0 Å². The number of ether oxygens (including phenoxy) is 1. The predicted molar refractivity (Wildman–Crippen MR) is 90.1 cm³/mol. The largest absolute Gasteiger partial charge is 0.381 e. The third-order valence-corrected chi connectivity index (χ3v) is 6.34. The smallest absolute Gasteiger partial charge is 0.0536 e. The zero-order valence-corrected chi connectivity index (χ0v) is 13.7. The summed E-state index contributed by atoms with van der Waals surface area (Å²) < 4.78 is 5.66. The minimum atomic E-state index is 0.529. The third-order valence-electron chi connectivity index (χ3n) is 6.34. The summed E-state index contributed by atoms with van der Waals surface area (Å²) in [5.41, 5.74) is 2.09. The van der Waals surface area contributed by atoms with Gasteiger partial charge < -0.3 is 9.64 Å². The van der Waals surface area contributed by atoms with E-state index in [4.69, 9.17) is 4.74 Å². The van der Waals surface area contributed by atoms with Gasteiger partial charge in [-0.05, 0) is 62.5 Å². The van der Waals surface area contributed by atoms with E-state index in [1.807, 2.05) is 0 Å². The lowest BCUT2D eigenvalue weighted by molar-refractivity contribution is 0.146. The minimum absolute atomic E-state index is 0.529. The van der Waals surface area contributed by atoms with Crippen LogP contribution in [-0.4, -0.2) is 37.7 Å². The molecule has 2 nitrogen and oxygen atoms in total. The Morgan fingerprint density at radius 1 is 1.05 bits per heavy atom. The fraction of sp³-hybridized carbons (Fsp3) is 0.700. The molecule has 1 spiro atoms. The summed E-state index contributed by atoms with van der Waals surface area (Å²) in [4.78, 5) is 2.74. The molecule has 120 valence electrons. The van der Waals surface area contributed by atoms with Crippen LogP contribution in [-0.2, 0) is 4.74 Å². The summed E-state index contributed by atoms with van der Waals surface area (Å²) in [6.07, 6.45) is 8.27. The topological polar surface area (TPSA) is 12.5 Å². The minimum Gasteiger partial charge on any atom is -0.381 e. The Morgan fingerprint density at radius 2 is 1.86 bits per heavy atom. The Kier molecular flexibility index (Phi) is 4.23. The van der Waals surface area contributed by atoms with Gasteiger partial charge in [0.05, 0.1) is 6.61 Å². The Labute approximate surface area is 134 Å².